The fourth-order valence-corrected chi connectivity index (χ4v) is 4.41. The van der Waals surface area contributed by atoms with Crippen LogP contribution in [0, 0.1) is 0 Å². The lowest BCUT2D eigenvalue weighted by Gasteiger charge is -2.38. The molecule has 0 aromatic carbocycles. The lowest BCUT2D eigenvalue weighted by Crippen LogP contribution is -2.45. The average molecular weight is 447 g/mol. The molecule has 2 heterocycles. The van der Waals surface area contributed by atoms with Crippen LogP contribution >= 0.6 is 0 Å². The SMILES string of the molecule is CC(C)(C)OC(=O)N1C[C@H](O[Si](C)(C)C(C)(C)C)CC1c1ccc(C(F)(F)F)cn1. The molecule has 0 N–H and O–H groups in total. The Kier molecular flexibility index (Phi) is 6.69. The molecular formula is C21H33F3N2O3Si. The Bertz CT molecular complexity index is 753. The number of nitrogens with zero attached hydrogens (tertiary/aromatic N) is 2. The van der Waals surface area contributed by atoms with Crippen molar-refractivity contribution in [1.29, 1.82) is 0 Å². The topological polar surface area (TPSA) is 51.7 Å². The largest absolute Gasteiger partial charge is 0.444 e. The van der Waals surface area contributed by atoms with Gasteiger partial charge in [-0.05, 0) is 51.0 Å². The van der Waals surface area contributed by atoms with E-state index in [1.165, 1.54) is 11.0 Å². The number of carbonyl (C=O) groups is 1. The van der Waals surface area contributed by atoms with Crippen molar-refractivity contribution < 1.29 is 27.1 Å². The molecule has 0 radical (unpaired) electrons. The van der Waals surface area contributed by atoms with E-state index in [0.29, 0.717) is 18.7 Å². The van der Waals surface area contributed by atoms with Crippen LogP contribution in [0.25, 0.3) is 0 Å². The van der Waals surface area contributed by atoms with Crippen molar-refractivity contribution in [2.45, 2.75) is 90.0 Å². The van der Waals surface area contributed by atoms with Crippen molar-refractivity contribution in [2.75, 3.05) is 6.54 Å². The molecule has 0 bridgehead atoms. The van der Waals surface area contributed by atoms with E-state index in [1.807, 2.05) is 0 Å². The van der Waals surface area contributed by atoms with Gasteiger partial charge >= 0.3 is 12.3 Å². The molecule has 1 aliphatic rings. The van der Waals surface area contributed by atoms with Crippen LogP contribution in [0.3, 0.4) is 0 Å². The summed E-state index contributed by atoms with van der Waals surface area (Å²) in [6.07, 6.45) is -3.93. The Balaban J connectivity index is 2.30. The van der Waals surface area contributed by atoms with Crippen LogP contribution in [0.1, 0.15) is 65.3 Å². The summed E-state index contributed by atoms with van der Waals surface area (Å²) in [5, 5.41) is -0.00551. The molecule has 30 heavy (non-hydrogen) atoms. The standard InChI is InChI=1S/C21H33F3N2O3Si/c1-19(2,3)28-18(27)26-13-15(29-30(7,8)20(4,5)6)11-17(26)16-10-9-14(12-25-16)21(22,23)24/h9-10,12,15,17H,11,13H2,1-8H3/t15-,17?/m1/s1. The smallest absolute Gasteiger partial charge is 0.417 e. The molecule has 170 valence electrons. The quantitative estimate of drug-likeness (QED) is 0.521. The Labute approximate surface area is 178 Å². The number of likely N-dealkylation sites (tertiary alicyclic amines) is 1. The Morgan fingerprint density at radius 1 is 1.13 bits per heavy atom. The molecule has 9 heteroatoms. The van der Waals surface area contributed by atoms with Gasteiger partial charge in [-0.2, -0.15) is 13.2 Å². The zero-order chi connectivity index (χ0) is 23.1. The summed E-state index contributed by atoms with van der Waals surface area (Å²) in [6, 6.07) is 1.83. The Hall–Kier alpha value is -1.61. The van der Waals surface area contributed by atoms with Crippen molar-refractivity contribution in [3.63, 3.8) is 0 Å². The third kappa shape index (κ3) is 5.97. The van der Waals surface area contributed by atoms with Gasteiger partial charge in [0.1, 0.15) is 5.60 Å². The normalized spacial score (nSPS) is 21.1. The number of pyridine rings is 1. The number of carbonyl (C=O) groups excluding carboxylic acids is 1. The lowest BCUT2D eigenvalue weighted by atomic mass is 10.1. The predicted molar refractivity (Wildman–Crippen MR) is 112 cm³/mol. The summed E-state index contributed by atoms with van der Waals surface area (Å²) in [5.41, 5.74) is -1.11. The van der Waals surface area contributed by atoms with Gasteiger partial charge in [-0.15, -0.1) is 0 Å². The number of aromatic nitrogens is 1. The second-order valence-corrected chi connectivity index (χ2v) is 15.1. The van der Waals surface area contributed by atoms with Crippen LogP contribution in [-0.4, -0.2) is 42.5 Å². The lowest BCUT2D eigenvalue weighted by molar-refractivity contribution is -0.137. The minimum atomic E-state index is -4.46. The van der Waals surface area contributed by atoms with Crippen molar-refractivity contribution in [1.82, 2.24) is 9.88 Å². The van der Waals surface area contributed by atoms with Gasteiger partial charge in [0.2, 0.25) is 0 Å². The molecule has 1 fully saturated rings. The van der Waals surface area contributed by atoms with Gasteiger partial charge in [0.15, 0.2) is 8.32 Å². The minimum Gasteiger partial charge on any atom is -0.444 e. The number of alkyl halides is 3. The maximum atomic E-state index is 12.9. The number of rotatable bonds is 3. The van der Waals surface area contributed by atoms with Gasteiger partial charge in [0.05, 0.1) is 23.4 Å². The summed E-state index contributed by atoms with van der Waals surface area (Å²) in [6.45, 7) is 16.3. The monoisotopic (exact) mass is 446 g/mol. The van der Waals surface area contributed by atoms with Crippen LogP contribution in [0.15, 0.2) is 18.3 Å². The average Bonchev–Trinajstić information content (AvgIpc) is 2.95. The van der Waals surface area contributed by atoms with E-state index in [2.05, 4.69) is 38.8 Å². The number of hydrogen-bond donors (Lipinski definition) is 0. The molecule has 2 atom stereocenters. The molecule has 1 aliphatic heterocycles. The van der Waals surface area contributed by atoms with Crippen LogP contribution in [0.4, 0.5) is 18.0 Å². The van der Waals surface area contributed by atoms with Gasteiger partial charge in [-0.1, -0.05) is 20.8 Å². The van der Waals surface area contributed by atoms with Crippen molar-refractivity contribution in [3.8, 4) is 0 Å². The molecular weight excluding hydrogens is 413 g/mol. The third-order valence-corrected chi connectivity index (χ3v) is 10.1. The molecule has 2 rings (SSSR count). The highest BCUT2D eigenvalue weighted by molar-refractivity contribution is 6.74. The number of halogens is 3. The summed E-state index contributed by atoms with van der Waals surface area (Å²) < 4.78 is 50.7. The minimum absolute atomic E-state index is 0.00551. The van der Waals surface area contributed by atoms with Crippen LogP contribution in [0.2, 0.25) is 18.1 Å². The van der Waals surface area contributed by atoms with Gasteiger partial charge in [-0.3, -0.25) is 9.88 Å². The highest BCUT2D eigenvalue weighted by Gasteiger charge is 2.45. The zero-order valence-corrected chi connectivity index (χ0v) is 20.1. The van der Waals surface area contributed by atoms with Crippen molar-refractivity contribution >= 4 is 14.4 Å². The molecule has 1 aromatic rings. The maximum Gasteiger partial charge on any atom is 0.417 e. The van der Waals surface area contributed by atoms with Crippen LogP contribution in [-0.2, 0) is 15.3 Å². The second-order valence-electron chi connectivity index (χ2n) is 10.4. The summed E-state index contributed by atoms with van der Waals surface area (Å²) in [4.78, 5) is 18.4. The van der Waals surface area contributed by atoms with E-state index in [4.69, 9.17) is 9.16 Å². The first-order valence-corrected chi connectivity index (χ1v) is 13.0. The highest BCUT2D eigenvalue weighted by Crippen LogP contribution is 2.41. The first kappa shape index (κ1) is 24.7. The van der Waals surface area contributed by atoms with Gasteiger partial charge in [-0.25, -0.2) is 4.79 Å². The van der Waals surface area contributed by atoms with Gasteiger partial charge in [0.25, 0.3) is 0 Å². The van der Waals surface area contributed by atoms with E-state index in [0.717, 1.165) is 12.3 Å². The number of amides is 1. The van der Waals surface area contributed by atoms with Crippen molar-refractivity contribution in [2.24, 2.45) is 0 Å². The van der Waals surface area contributed by atoms with E-state index < -0.39 is 37.8 Å². The molecule has 1 aromatic heterocycles. The van der Waals surface area contributed by atoms with Gasteiger partial charge < -0.3 is 9.16 Å². The first-order valence-electron chi connectivity index (χ1n) is 10.1. The first-order chi connectivity index (χ1) is 13.4. The molecule has 5 nitrogen and oxygen atoms in total. The molecule has 0 saturated carbocycles. The fraction of sp³-hybridized carbons (Fsp3) is 0.714. The van der Waals surface area contributed by atoms with Crippen molar-refractivity contribution in [3.05, 3.63) is 29.6 Å². The second kappa shape index (κ2) is 8.14. The van der Waals surface area contributed by atoms with Crippen LogP contribution < -0.4 is 0 Å². The predicted octanol–water partition coefficient (Wildman–Crippen LogP) is 6.17. The summed E-state index contributed by atoms with van der Waals surface area (Å²) in [7, 11) is -2.09. The Morgan fingerprint density at radius 3 is 2.17 bits per heavy atom. The zero-order valence-electron chi connectivity index (χ0n) is 19.1. The molecule has 1 unspecified atom stereocenters. The molecule has 0 spiro atoms. The van der Waals surface area contributed by atoms with E-state index in [9.17, 15) is 18.0 Å². The Morgan fingerprint density at radius 2 is 1.73 bits per heavy atom. The molecule has 0 aliphatic carbocycles. The van der Waals surface area contributed by atoms with Crippen LogP contribution in [0.5, 0.6) is 0 Å². The van der Waals surface area contributed by atoms with E-state index >= 15 is 0 Å². The summed E-state index contributed by atoms with van der Waals surface area (Å²) >= 11 is 0. The third-order valence-electron chi connectivity index (χ3n) is 5.61. The maximum absolute atomic E-state index is 12.9. The van der Waals surface area contributed by atoms with E-state index in [1.54, 1.807) is 20.8 Å². The molecule has 1 saturated heterocycles. The number of ether oxygens (including phenoxy) is 1. The van der Waals surface area contributed by atoms with E-state index in [-0.39, 0.29) is 11.1 Å². The number of hydrogen-bond acceptors (Lipinski definition) is 4. The summed E-state index contributed by atoms with van der Waals surface area (Å²) in [5.74, 6) is 0. The fourth-order valence-electron chi connectivity index (χ4n) is 3.05. The highest BCUT2D eigenvalue weighted by atomic mass is 28.4. The van der Waals surface area contributed by atoms with Gasteiger partial charge in [0, 0.05) is 19.2 Å². The molecule has 1 amide bonds.